The van der Waals surface area contributed by atoms with Crippen LogP contribution in [0.2, 0.25) is 0 Å². The van der Waals surface area contributed by atoms with E-state index in [9.17, 15) is 4.79 Å². The highest BCUT2D eigenvalue weighted by molar-refractivity contribution is 6.26. The molecule has 1 rings (SSSR count). The first-order valence-electron chi connectivity index (χ1n) is 3.78. The highest BCUT2D eigenvalue weighted by Gasteiger charge is 2.18. The molecule has 0 fully saturated rings. The Morgan fingerprint density at radius 1 is 1.50 bits per heavy atom. The highest BCUT2D eigenvalue weighted by Crippen LogP contribution is 2.26. The predicted octanol–water partition coefficient (Wildman–Crippen LogP) is 2.83. The largest absolute Gasteiger partial charge is 0.289 e. The molecule has 0 spiro atoms. The molecule has 0 aliphatic heterocycles. The van der Waals surface area contributed by atoms with Crippen LogP contribution >= 0.6 is 11.6 Å². The van der Waals surface area contributed by atoms with Gasteiger partial charge in [0, 0.05) is 16.5 Å². The summed E-state index contributed by atoms with van der Waals surface area (Å²) in [6, 6.07) is 0. The van der Waals surface area contributed by atoms with Gasteiger partial charge in [0.25, 0.3) is 0 Å². The maximum atomic E-state index is 11.2. The van der Waals surface area contributed by atoms with Gasteiger partial charge in [-0.15, -0.1) is 0 Å². The topological polar surface area (TPSA) is 17.1 Å². The molecule has 0 aromatic rings. The molecule has 0 N–H and O–H groups in total. The van der Waals surface area contributed by atoms with Crippen LogP contribution in [0.15, 0.2) is 35.4 Å². The molecule has 12 heavy (non-hydrogen) atoms. The van der Waals surface area contributed by atoms with Gasteiger partial charge in [0.1, 0.15) is 0 Å². The molecule has 0 amide bonds. The van der Waals surface area contributed by atoms with E-state index in [-0.39, 0.29) is 11.2 Å². The third-order valence-corrected chi connectivity index (χ3v) is 1.84. The van der Waals surface area contributed by atoms with Crippen LogP contribution in [0.1, 0.15) is 13.8 Å². The minimum atomic E-state index is -0.0420. The number of hydrogen-bond donors (Lipinski definition) is 0. The summed E-state index contributed by atoms with van der Waals surface area (Å²) in [4.78, 5) is 11.2. The van der Waals surface area contributed by atoms with E-state index >= 15 is 0 Å². The van der Waals surface area contributed by atoms with E-state index in [0.717, 1.165) is 0 Å². The van der Waals surface area contributed by atoms with E-state index in [1.807, 2.05) is 26.0 Å². The second-order valence-electron chi connectivity index (χ2n) is 3.41. The fraction of sp³-hybridized carbons (Fsp3) is 0.300. The molecule has 0 radical (unpaired) electrons. The van der Waals surface area contributed by atoms with Gasteiger partial charge in [-0.25, -0.2) is 0 Å². The zero-order valence-corrected chi connectivity index (χ0v) is 7.93. The van der Waals surface area contributed by atoms with Crippen molar-refractivity contribution >= 4 is 17.4 Å². The zero-order valence-electron chi connectivity index (χ0n) is 7.17. The Kier molecular flexibility index (Phi) is 2.53. The molecule has 1 aliphatic carbocycles. The Bertz CT molecular complexity index is 282. The standard InChI is InChI=1S/C10H11ClO/c1-10(2)5-3-9(12)8(7-10)4-6-11/h3-7H,1-2H3/b6-4+. The van der Waals surface area contributed by atoms with Crippen molar-refractivity contribution in [3.8, 4) is 0 Å². The summed E-state index contributed by atoms with van der Waals surface area (Å²) in [5, 5.41) is 0. The maximum absolute atomic E-state index is 11.2. The molecule has 0 unspecified atom stereocenters. The van der Waals surface area contributed by atoms with Crippen molar-refractivity contribution in [1.29, 1.82) is 0 Å². The minimum absolute atomic E-state index is 0.0197. The third kappa shape index (κ3) is 2.08. The summed E-state index contributed by atoms with van der Waals surface area (Å²) in [6.45, 7) is 4.08. The van der Waals surface area contributed by atoms with Gasteiger partial charge in [-0.2, -0.15) is 0 Å². The first-order chi connectivity index (χ1) is 5.55. The molecule has 0 saturated carbocycles. The molecule has 0 aromatic heterocycles. The summed E-state index contributed by atoms with van der Waals surface area (Å²) >= 11 is 5.40. The van der Waals surface area contributed by atoms with Crippen molar-refractivity contribution in [2.75, 3.05) is 0 Å². The molecule has 0 atom stereocenters. The molecular weight excluding hydrogens is 172 g/mol. The number of hydrogen-bond acceptors (Lipinski definition) is 1. The quantitative estimate of drug-likeness (QED) is 0.610. The Morgan fingerprint density at radius 2 is 2.17 bits per heavy atom. The molecule has 0 aromatic carbocycles. The highest BCUT2D eigenvalue weighted by atomic mass is 35.5. The van der Waals surface area contributed by atoms with Crippen LogP contribution in [-0.4, -0.2) is 5.78 Å². The Balaban J connectivity index is 2.98. The van der Waals surface area contributed by atoms with E-state index < -0.39 is 0 Å². The van der Waals surface area contributed by atoms with Crippen LogP contribution in [0.4, 0.5) is 0 Å². The summed E-state index contributed by atoms with van der Waals surface area (Å²) in [6.07, 6.45) is 7.01. The Morgan fingerprint density at radius 3 is 2.75 bits per heavy atom. The van der Waals surface area contributed by atoms with E-state index in [1.165, 1.54) is 5.54 Å². The Labute approximate surface area is 77.4 Å². The number of allylic oxidation sites excluding steroid dienone is 5. The lowest BCUT2D eigenvalue weighted by molar-refractivity contribution is -0.111. The van der Waals surface area contributed by atoms with Crippen molar-refractivity contribution in [2.24, 2.45) is 5.41 Å². The molecule has 1 nitrogen and oxygen atoms in total. The van der Waals surface area contributed by atoms with Gasteiger partial charge >= 0.3 is 0 Å². The normalized spacial score (nSPS) is 21.6. The third-order valence-electron chi connectivity index (χ3n) is 1.72. The molecule has 0 heterocycles. The number of halogens is 1. The number of carbonyl (C=O) groups is 1. The molecule has 0 bridgehead atoms. The predicted molar refractivity (Wildman–Crippen MR) is 51.0 cm³/mol. The van der Waals surface area contributed by atoms with Crippen LogP contribution in [0.3, 0.4) is 0 Å². The van der Waals surface area contributed by atoms with Crippen molar-refractivity contribution < 1.29 is 4.79 Å². The van der Waals surface area contributed by atoms with Crippen LogP contribution in [0.25, 0.3) is 0 Å². The fourth-order valence-corrected chi connectivity index (χ4v) is 1.24. The fourth-order valence-electron chi connectivity index (χ4n) is 1.10. The van der Waals surface area contributed by atoms with Gasteiger partial charge in [-0.05, 0) is 12.2 Å². The van der Waals surface area contributed by atoms with E-state index in [2.05, 4.69) is 0 Å². The molecule has 0 saturated heterocycles. The number of ketones is 1. The molecular formula is C10H11ClO. The zero-order chi connectivity index (χ0) is 9.19. The van der Waals surface area contributed by atoms with Crippen LogP contribution in [0, 0.1) is 5.41 Å². The van der Waals surface area contributed by atoms with Crippen LogP contribution in [0.5, 0.6) is 0 Å². The van der Waals surface area contributed by atoms with Gasteiger partial charge in [-0.3, -0.25) is 4.79 Å². The van der Waals surface area contributed by atoms with E-state index in [0.29, 0.717) is 5.57 Å². The SMILES string of the molecule is CC1(C)C=CC(=O)C(/C=C/Cl)=C1. The van der Waals surface area contributed by atoms with Crippen molar-refractivity contribution in [2.45, 2.75) is 13.8 Å². The Hall–Kier alpha value is -0.820. The summed E-state index contributed by atoms with van der Waals surface area (Å²) < 4.78 is 0. The van der Waals surface area contributed by atoms with Gasteiger partial charge in [0.05, 0.1) is 0 Å². The lowest BCUT2D eigenvalue weighted by Crippen LogP contribution is -2.12. The van der Waals surface area contributed by atoms with Crippen molar-refractivity contribution in [3.63, 3.8) is 0 Å². The van der Waals surface area contributed by atoms with Gasteiger partial charge in [0.2, 0.25) is 0 Å². The maximum Gasteiger partial charge on any atom is 0.185 e. The van der Waals surface area contributed by atoms with Crippen LogP contribution < -0.4 is 0 Å². The van der Waals surface area contributed by atoms with E-state index in [1.54, 1.807) is 12.2 Å². The number of carbonyl (C=O) groups excluding carboxylic acids is 1. The summed E-state index contributed by atoms with van der Waals surface area (Å²) in [7, 11) is 0. The van der Waals surface area contributed by atoms with Crippen LogP contribution in [-0.2, 0) is 4.79 Å². The lowest BCUT2D eigenvalue weighted by atomic mass is 9.85. The van der Waals surface area contributed by atoms with Crippen molar-refractivity contribution in [1.82, 2.24) is 0 Å². The monoisotopic (exact) mass is 182 g/mol. The second-order valence-corrected chi connectivity index (χ2v) is 3.66. The molecule has 2 heteroatoms. The summed E-state index contributed by atoms with van der Waals surface area (Å²) in [5.74, 6) is 0.0197. The van der Waals surface area contributed by atoms with E-state index in [4.69, 9.17) is 11.6 Å². The van der Waals surface area contributed by atoms with Gasteiger partial charge in [-0.1, -0.05) is 37.6 Å². The molecule has 1 aliphatic rings. The van der Waals surface area contributed by atoms with Gasteiger partial charge in [0.15, 0.2) is 5.78 Å². The lowest BCUT2D eigenvalue weighted by Gasteiger charge is -2.19. The first-order valence-corrected chi connectivity index (χ1v) is 4.22. The van der Waals surface area contributed by atoms with Gasteiger partial charge < -0.3 is 0 Å². The smallest absolute Gasteiger partial charge is 0.185 e. The van der Waals surface area contributed by atoms with Crippen molar-refractivity contribution in [3.05, 3.63) is 35.4 Å². The minimum Gasteiger partial charge on any atom is -0.289 e. The number of rotatable bonds is 1. The average molecular weight is 183 g/mol. The summed E-state index contributed by atoms with van der Waals surface area (Å²) in [5.41, 5.74) is 1.98. The first kappa shape index (κ1) is 9.27. The average Bonchev–Trinajstić information content (AvgIpc) is 1.97. The molecule has 64 valence electrons. The second kappa shape index (κ2) is 3.28.